The number of nitrogens with zero attached hydrogens (tertiary/aromatic N) is 1. The van der Waals surface area contributed by atoms with Crippen molar-refractivity contribution in [3.8, 4) is 0 Å². The summed E-state index contributed by atoms with van der Waals surface area (Å²) in [6.45, 7) is -0.528. The van der Waals surface area contributed by atoms with Crippen molar-refractivity contribution in [1.29, 1.82) is 0 Å². The molecule has 2 atom stereocenters. The van der Waals surface area contributed by atoms with Gasteiger partial charge in [-0.3, -0.25) is 28.9 Å². The molecule has 0 fully saturated rings. The first-order valence-electron chi connectivity index (χ1n) is 8.36. The topological polar surface area (TPSA) is 173 Å². The van der Waals surface area contributed by atoms with Crippen LogP contribution in [-0.4, -0.2) is 83.7 Å². The lowest BCUT2D eigenvalue weighted by molar-refractivity contribution is -0.139. The second-order valence-corrected chi connectivity index (χ2v) is 6.27. The maximum atomic E-state index is 11.6. The van der Waals surface area contributed by atoms with Gasteiger partial charge in [-0.1, -0.05) is 0 Å². The number of amides is 2. The van der Waals surface area contributed by atoms with Crippen molar-refractivity contribution >= 4 is 29.7 Å². The second-order valence-electron chi connectivity index (χ2n) is 6.27. The van der Waals surface area contributed by atoms with Gasteiger partial charge < -0.3 is 26.0 Å². The molecular weight excluding hydrogens is 362 g/mol. The molecule has 0 saturated carbocycles. The van der Waals surface area contributed by atoms with Crippen molar-refractivity contribution in [2.45, 2.75) is 25.7 Å². The lowest BCUT2D eigenvalue weighted by Crippen LogP contribution is -2.40. The number of rotatable bonds is 14. The fraction of sp³-hybridized carbons (Fsp3) is 0.688. The van der Waals surface area contributed by atoms with Crippen molar-refractivity contribution in [3.63, 3.8) is 0 Å². The van der Waals surface area contributed by atoms with Crippen molar-refractivity contribution < 1.29 is 39.3 Å². The zero-order valence-electron chi connectivity index (χ0n) is 15.4. The van der Waals surface area contributed by atoms with Crippen molar-refractivity contribution in [1.82, 2.24) is 15.5 Å². The molecule has 154 valence electrons. The van der Waals surface area contributed by atoms with Gasteiger partial charge in [0.2, 0.25) is 11.8 Å². The van der Waals surface area contributed by atoms with E-state index in [1.54, 1.807) is 0 Å². The zero-order chi connectivity index (χ0) is 21.0. The summed E-state index contributed by atoms with van der Waals surface area (Å²) < 4.78 is 0. The van der Waals surface area contributed by atoms with E-state index in [-0.39, 0.29) is 50.6 Å². The molecule has 0 spiro atoms. The molecule has 0 aromatic rings. The van der Waals surface area contributed by atoms with E-state index in [1.165, 1.54) is 19.0 Å². The average molecular weight is 389 g/mol. The molecule has 0 heterocycles. The summed E-state index contributed by atoms with van der Waals surface area (Å²) in [5.74, 6) is -5.54. The largest absolute Gasteiger partial charge is 0.481 e. The molecule has 0 bridgehead atoms. The fourth-order valence-electron chi connectivity index (χ4n) is 2.75. The minimum atomic E-state index is -1.18. The van der Waals surface area contributed by atoms with E-state index in [4.69, 9.17) is 15.3 Å². The van der Waals surface area contributed by atoms with Crippen LogP contribution in [0.15, 0.2) is 0 Å². The van der Waals surface area contributed by atoms with E-state index in [2.05, 4.69) is 10.6 Å². The first kappa shape index (κ1) is 24.3. The van der Waals surface area contributed by atoms with Gasteiger partial charge in [-0.25, -0.2) is 0 Å². The van der Waals surface area contributed by atoms with Crippen LogP contribution in [0, 0.1) is 11.8 Å². The summed E-state index contributed by atoms with van der Waals surface area (Å²) >= 11 is 0. The molecule has 11 nitrogen and oxygen atoms in total. The Bertz CT molecular complexity index is 512. The Morgan fingerprint density at radius 3 is 1.33 bits per heavy atom. The number of carboxylic acids is 3. The number of hydrogen-bond donors (Lipinski definition) is 5. The smallest absolute Gasteiger partial charge is 0.317 e. The quantitative estimate of drug-likeness (QED) is 0.245. The van der Waals surface area contributed by atoms with E-state index in [0.29, 0.717) is 0 Å². The number of hydrogen-bond acceptors (Lipinski definition) is 6. The highest BCUT2D eigenvalue weighted by Gasteiger charge is 2.25. The number of aliphatic carboxylic acids is 3. The molecule has 2 unspecified atom stereocenters. The van der Waals surface area contributed by atoms with Gasteiger partial charge in [0, 0.05) is 52.9 Å². The molecule has 2 amide bonds. The molecular formula is C16H27N3O8. The van der Waals surface area contributed by atoms with Gasteiger partial charge in [0.15, 0.2) is 0 Å². The normalized spacial score (nSPS) is 12.9. The minimum Gasteiger partial charge on any atom is -0.481 e. The highest BCUT2D eigenvalue weighted by atomic mass is 16.4. The molecule has 0 aromatic heterocycles. The third-order valence-corrected chi connectivity index (χ3v) is 3.82. The number of carbonyl (C=O) groups is 5. The Morgan fingerprint density at radius 1 is 0.704 bits per heavy atom. The fourth-order valence-corrected chi connectivity index (χ4v) is 2.75. The monoisotopic (exact) mass is 389 g/mol. The van der Waals surface area contributed by atoms with E-state index in [0.717, 1.165) is 0 Å². The SMILES string of the molecule is CNC(=O)CC(CC(=O)O)CN(CC(=O)O)CC(CC(=O)O)CC(=O)NC. The summed E-state index contributed by atoms with van der Waals surface area (Å²) in [6, 6.07) is 0. The summed E-state index contributed by atoms with van der Waals surface area (Å²) in [4.78, 5) is 57.8. The van der Waals surface area contributed by atoms with Gasteiger partial charge in [0.05, 0.1) is 6.54 Å². The first-order chi connectivity index (χ1) is 12.6. The molecule has 0 saturated heterocycles. The van der Waals surface area contributed by atoms with Crippen LogP contribution in [0.25, 0.3) is 0 Å². The van der Waals surface area contributed by atoms with Crippen molar-refractivity contribution in [2.24, 2.45) is 11.8 Å². The van der Waals surface area contributed by atoms with Crippen LogP contribution in [-0.2, 0) is 24.0 Å². The van der Waals surface area contributed by atoms with E-state index < -0.39 is 36.3 Å². The van der Waals surface area contributed by atoms with E-state index in [1.807, 2.05) is 0 Å². The van der Waals surface area contributed by atoms with Gasteiger partial charge >= 0.3 is 17.9 Å². The minimum absolute atomic E-state index is 0.0319. The highest BCUT2D eigenvalue weighted by Crippen LogP contribution is 2.16. The zero-order valence-corrected chi connectivity index (χ0v) is 15.4. The lowest BCUT2D eigenvalue weighted by atomic mass is 9.97. The summed E-state index contributed by atoms with van der Waals surface area (Å²) in [5, 5.41) is 31.9. The standard InChI is InChI=1S/C16H27N3O8/c1-17-12(20)3-10(5-14(22)23)7-19(9-16(26)27)8-11(6-15(24)25)4-13(21)18-2/h10-11H,3-9H2,1-2H3,(H,17,20)(H,18,21)(H,22,23)(H,24,25)(H,26,27). The summed E-state index contributed by atoms with van der Waals surface area (Å²) in [7, 11) is 2.81. The van der Waals surface area contributed by atoms with Gasteiger partial charge in [-0.2, -0.15) is 0 Å². The van der Waals surface area contributed by atoms with Crippen molar-refractivity contribution in [3.05, 3.63) is 0 Å². The number of carboxylic acid groups (broad SMARTS) is 3. The van der Waals surface area contributed by atoms with Crippen LogP contribution in [0.2, 0.25) is 0 Å². The molecule has 0 aliphatic rings. The van der Waals surface area contributed by atoms with Gasteiger partial charge in [-0.15, -0.1) is 0 Å². The van der Waals surface area contributed by atoms with E-state index in [9.17, 15) is 24.0 Å². The molecule has 5 N–H and O–H groups in total. The third-order valence-electron chi connectivity index (χ3n) is 3.82. The first-order valence-corrected chi connectivity index (χ1v) is 8.36. The predicted molar refractivity (Wildman–Crippen MR) is 92.9 cm³/mol. The molecule has 0 radical (unpaired) electrons. The Labute approximate surface area is 156 Å². The Morgan fingerprint density at radius 2 is 1.07 bits per heavy atom. The molecule has 0 aliphatic heterocycles. The van der Waals surface area contributed by atoms with Crippen LogP contribution < -0.4 is 10.6 Å². The summed E-state index contributed by atoms with van der Waals surface area (Å²) in [5.41, 5.74) is 0. The molecule has 0 aliphatic carbocycles. The number of nitrogens with one attached hydrogen (secondary N) is 2. The number of carbonyl (C=O) groups excluding carboxylic acids is 2. The Balaban J connectivity index is 5.28. The van der Waals surface area contributed by atoms with Crippen molar-refractivity contribution in [2.75, 3.05) is 33.7 Å². The summed E-state index contributed by atoms with van der Waals surface area (Å²) in [6.07, 6.45) is -0.916. The van der Waals surface area contributed by atoms with E-state index >= 15 is 0 Å². The molecule has 0 rings (SSSR count). The maximum absolute atomic E-state index is 11.6. The molecule has 11 heteroatoms. The lowest BCUT2D eigenvalue weighted by Gasteiger charge is -2.28. The Hall–Kier alpha value is -2.69. The van der Waals surface area contributed by atoms with Gasteiger partial charge in [0.1, 0.15) is 0 Å². The third kappa shape index (κ3) is 12.3. The average Bonchev–Trinajstić information content (AvgIpc) is 2.52. The van der Waals surface area contributed by atoms with Gasteiger partial charge in [-0.05, 0) is 11.8 Å². The second kappa shape index (κ2) is 12.6. The highest BCUT2D eigenvalue weighted by molar-refractivity contribution is 5.77. The van der Waals surface area contributed by atoms with Crippen LogP contribution >= 0.6 is 0 Å². The molecule has 0 aromatic carbocycles. The van der Waals surface area contributed by atoms with Crippen LogP contribution in [0.1, 0.15) is 25.7 Å². The van der Waals surface area contributed by atoms with Crippen LogP contribution in [0.5, 0.6) is 0 Å². The van der Waals surface area contributed by atoms with Crippen LogP contribution in [0.4, 0.5) is 0 Å². The molecule has 27 heavy (non-hydrogen) atoms. The van der Waals surface area contributed by atoms with Gasteiger partial charge in [0.25, 0.3) is 0 Å². The Kier molecular flexibility index (Phi) is 11.4. The maximum Gasteiger partial charge on any atom is 0.317 e. The predicted octanol–water partition coefficient (Wildman–Crippen LogP) is -1.17. The van der Waals surface area contributed by atoms with Crippen LogP contribution in [0.3, 0.4) is 0 Å².